The van der Waals surface area contributed by atoms with Gasteiger partial charge in [-0.1, -0.05) is 31.9 Å². The molecule has 4 N–H and O–H groups in total. The third-order valence-electron chi connectivity index (χ3n) is 2.43. The molecule has 0 spiro atoms. The summed E-state index contributed by atoms with van der Waals surface area (Å²) in [7, 11) is 0. The summed E-state index contributed by atoms with van der Waals surface area (Å²) in [5, 5.41) is -0.0409. The van der Waals surface area contributed by atoms with E-state index < -0.39 is 5.82 Å². The number of rotatable bonds is 4. The van der Waals surface area contributed by atoms with Crippen LogP contribution in [-0.2, 0) is 0 Å². The minimum atomic E-state index is -0.507. The zero-order chi connectivity index (χ0) is 12.3. The maximum absolute atomic E-state index is 13.8. The molecule has 0 bridgehead atoms. The number of hydrogen-bond acceptors (Lipinski definition) is 3. The van der Waals surface area contributed by atoms with E-state index in [9.17, 15) is 4.39 Å². The molecule has 0 heterocycles. The summed E-state index contributed by atoms with van der Waals surface area (Å²) in [6, 6.07) is 1.50. The van der Waals surface area contributed by atoms with Crippen molar-refractivity contribution in [3.05, 3.63) is 16.9 Å². The number of benzene rings is 1. The normalized spacial score (nSPS) is 12.8. The van der Waals surface area contributed by atoms with Crippen LogP contribution in [-0.4, -0.2) is 5.75 Å². The first-order chi connectivity index (χ1) is 7.47. The highest BCUT2D eigenvalue weighted by molar-refractivity contribution is 7.99. The Bertz CT molecular complexity index is 385. The summed E-state index contributed by atoms with van der Waals surface area (Å²) >= 11 is 7.12. The lowest BCUT2D eigenvalue weighted by atomic mass is 10.2. The Morgan fingerprint density at radius 1 is 1.44 bits per heavy atom. The molecule has 1 aromatic carbocycles. The lowest BCUT2D eigenvalue weighted by Crippen LogP contribution is -2.01. The Balaban J connectivity index is 2.92. The molecule has 0 aromatic heterocycles. The lowest BCUT2D eigenvalue weighted by Gasteiger charge is -2.12. The molecule has 0 radical (unpaired) electrons. The summed E-state index contributed by atoms with van der Waals surface area (Å²) in [5.41, 5.74) is 11.8. The summed E-state index contributed by atoms with van der Waals surface area (Å²) in [6.45, 7) is 4.21. The van der Waals surface area contributed by atoms with E-state index in [1.807, 2.05) is 0 Å². The number of anilines is 2. The highest BCUT2D eigenvalue weighted by atomic mass is 35.5. The Hall–Kier alpha value is -0.610. The number of nitrogens with two attached hydrogens (primary N) is 2. The molecular weight excluding hydrogens is 247 g/mol. The zero-order valence-electron chi connectivity index (χ0n) is 9.39. The van der Waals surface area contributed by atoms with Gasteiger partial charge in [-0.05, 0) is 12.0 Å². The molecule has 5 heteroatoms. The van der Waals surface area contributed by atoms with Gasteiger partial charge in [0.25, 0.3) is 0 Å². The zero-order valence-corrected chi connectivity index (χ0v) is 11.0. The van der Waals surface area contributed by atoms with Crippen LogP contribution in [0.4, 0.5) is 15.8 Å². The Morgan fingerprint density at radius 2 is 2.06 bits per heavy atom. The maximum atomic E-state index is 13.8. The number of thioether (sulfide) groups is 1. The Morgan fingerprint density at radius 3 is 2.62 bits per heavy atom. The molecule has 0 saturated heterocycles. The van der Waals surface area contributed by atoms with E-state index in [0.29, 0.717) is 16.5 Å². The number of nitrogen functional groups attached to an aromatic ring is 2. The van der Waals surface area contributed by atoms with Gasteiger partial charge in [0.05, 0.1) is 16.3 Å². The number of hydrogen-bond donors (Lipinski definition) is 2. The minimum absolute atomic E-state index is 0.0409. The second-order valence-corrected chi connectivity index (χ2v) is 5.24. The van der Waals surface area contributed by atoms with Crippen LogP contribution in [0.1, 0.15) is 20.3 Å². The van der Waals surface area contributed by atoms with Crippen LogP contribution < -0.4 is 11.5 Å². The molecule has 2 nitrogen and oxygen atoms in total. The molecule has 1 unspecified atom stereocenters. The van der Waals surface area contributed by atoms with E-state index in [4.69, 9.17) is 23.1 Å². The van der Waals surface area contributed by atoms with Gasteiger partial charge in [-0.25, -0.2) is 4.39 Å². The third-order valence-corrected chi connectivity index (χ3v) is 4.25. The molecule has 1 atom stereocenters. The Kier molecular flexibility index (Phi) is 4.74. The molecular formula is C11H16ClFN2S. The molecule has 0 aliphatic rings. The average Bonchev–Trinajstić information content (AvgIpc) is 2.25. The van der Waals surface area contributed by atoms with Crippen molar-refractivity contribution in [3.63, 3.8) is 0 Å². The second kappa shape index (κ2) is 5.64. The largest absolute Gasteiger partial charge is 0.398 e. The van der Waals surface area contributed by atoms with Crippen molar-refractivity contribution >= 4 is 34.7 Å². The van der Waals surface area contributed by atoms with Crippen molar-refractivity contribution in [2.75, 3.05) is 17.2 Å². The van der Waals surface area contributed by atoms with Crippen molar-refractivity contribution < 1.29 is 4.39 Å². The molecule has 0 aliphatic carbocycles. The van der Waals surface area contributed by atoms with Crippen LogP contribution >= 0.6 is 23.4 Å². The first-order valence-electron chi connectivity index (χ1n) is 5.13. The topological polar surface area (TPSA) is 52.0 Å². The van der Waals surface area contributed by atoms with Gasteiger partial charge in [-0.15, -0.1) is 11.8 Å². The fourth-order valence-electron chi connectivity index (χ4n) is 1.14. The van der Waals surface area contributed by atoms with E-state index in [1.165, 1.54) is 17.8 Å². The van der Waals surface area contributed by atoms with Gasteiger partial charge >= 0.3 is 0 Å². The van der Waals surface area contributed by atoms with E-state index in [2.05, 4.69) is 13.8 Å². The van der Waals surface area contributed by atoms with Crippen LogP contribution in [0.25, 0.3) is 0 Å². The minimum Gasteiger partial charge on any atom is -0.398 e. The highest BCUT2D eigenvalue weighted by Gasteiger charge is 2.15. The molecule has 16 heavy (non-hydrogen) atoms. The van der Waals surface area contributed by atoms with Gasteiger partial charge in [0.15, 0.2) is 5.82 Å². The summed E-state index contributed by atoms with van der Waals surface area (Å²) < 4.78 is 13.8. The predicted octanol–water partition coefficient (Wildman–Crippen LogP) is 3.78. The third kappa shape index (κ3) is 2.95. The van der Waals surface area contributed by atoms with Gasteiger partial charge in [0.1, 0.15) is 5.02 Å². The van der Waals surface area contributed by atoms with Gasteiger partial charge in [0.2, 0.25) is 0 Å². The van der Waals surface area contributed by atoms with Gasteiger partial charge < -0.3 is 11.5 Å². The fourth-order valence-corrected chi connectivity index (χ4v) is 2.49. The molecule has 0 amide bonds. The first kappa shape index (κ1) is 13.5. The predicted molar refractivity (Wildman–Crippen MR) is 70.4 cm³/mol. The quantitative estimate of drug-likeness (QED) is 0.641. The van der Waals surface area contributed by atoms with E-state index in [1.54, 1.807) is 0 Å². The highest BCUT2D eigenvalue weighted by Crippen LogP contribution is 2.37. The second-order valence-electron chi connectivity index (χ2n) is 3.84. The van der Waals surface area contributed by atoms with Crippen molar-refractivity contribution in [1.82, 2.24) is 0 Å². The molecule has 90 valence electrons. The standard InChI is InChI=1S/C11H16ClFN2S/c1-3-6(2)5-16-11-8(15)4-7(14)9(12)10(11)13/h4,6H,3,5,14-15H2,1-2H3. The fraction of sp³-hybridized carbons (Fsp3) is 0.455. The maximum Gasteiger partial charge on any atom is 0.159 e. The molecule has 1 rings (SSSR count). The monoisotopic (exact) mass is 262 g/mol. The van der Waals surface area contributed by atoms with Crippen molar-refractivity contribution in [2.45, 2.75) is 25.2 Å². The van der Waals surface area contributed by atoms with Crippen molar-refractivity contribution in [1.29, 1.82) is 0 Å². The van der Waals surface area contributed by atoms with Crippen LogP contribution in [0, 0.1) is 11.7 Å². The van der Waals surface area contributed by atoms with E-state index >= 15 is 0 Å². The molecule has 0 aliphatic heterocycles. The average molecular weight is 263 g/mol. The first-order valence-corrected chi connectivity index (χ1v) is 6.49. The SMILES string of the molecule is CCC(C)CSc1c(N)cc(N)c(Cl)c1F. The van der Waals surface area contributed by atoms with Crippen molar-refractivity contribution in [2.24, 2.45) is 5.92 Å². The van der Waals surface area contributed by atoms with Gasteiger partial charge in [-0.3, -0.25) is 0 Å². The van der Waals surface area contributed by atoms with Crippen LogP contribution in [0.5, 0.6) is 0 Å². The van der Waals surface area contributed by atoms with Crippen LogP contribution in [0.3, 0.4) is 0 Å². The van der Waals surface area contributed by atoms with Crippen molar-refractivity contribution in [3.8, 4) is 0 Å². The summed E-state index contributed by atoms with van der Waals surface area (Å²) in [6.07, 6.45) is 1.05. The smallest absolute Gasteiger partial charge is 0.159 e. The number of halogens is 2. The molecule has 1 aromatic rings. The molecule has 0 fully saturated rings. The molecule has 0 saturated carbocycles. The summed E-state index contributed by atoms with van der Waals surface area (Å²) in [5.74, 6) is 0.824. The summed E-state index contributed by atoms with van der Waals surface area (Å²) in [4.78, 5) is 0.402. The Labute approximate surface area is 105 Å². The van der Waals surface area contributed by atoms with Gasteiger partial charge in [0, 0.05) is 5.75 Å². The van der Waals surface area contributed by atoms with Crippen LogP contribution in [0.15, 0.2) is 11.0 Å². The van der Waals surface area contributed by atoms with E-state index in [-0.39, 0.29) is 10.7 Å². The van der Waals surface area contributed by atoms with E-state index in [0.717, 1.165) is 12.2 Å². The lowest BCUT2D eigenvalue weighted by molar-refractivity contribution is 0.602. The van der Waals surface area contributed by atoms with Gasteiger partial charge in [-0.2, -0.15) is 0 Å². The van der Waals surface area contributed by atoms with Crippen LogP contribution in [0.2, 0.25) is 5.02 Å².